The first kappa shape index (κ1) is 15.7. The third-order valence-electron chi connectivity index (χ3n) is 4.74. The summed E-state index contributed by atoms with van der Waals surface area (Å²) >= 11 is 1.39. The summed E-state index contributed by atoms with van der Waals surface area (Å²) in [5.74, 6) is 0.177. The predicted octanol–water partition coefficient (Wildman–Crippen LogP) is 1.72. The van der Waals surface area contributed by atoms with Crippen LogP contribution < -0.4 is 5.32 Å². The highest BCUT2D eigenvalue weighted by Crippen LogP contribution is 2.40. The third kappa shape index (κ3) is 2.64. The zero-order valence-electron chi connectivity index (χ0n) is 12.8. The van der Waals surface area contributed by atoms with Crippen molar-refractivity contribution in [2.45, 2.75) is 29.8 Å². The average molecular weight is 363 g/mol. The number of nitrogens with one attached hydrogen (secondary N) is 1. The van der Waals surface area contributed by atoms with Gasteiger partial charge in [-0.15, -0.1) is 11.3 Å². The van der Waals surface area contributed by atoms with Crippen LogP contribution in [-0.4, -0.2) is 42.2 Å². The van der Waals surface area contributed by atoms with Crippen molar-refractivity contribution in [2.75, 3.05) is 6.54 Å². The van der Waals surface area contributed by atoms with Crippen LogP contribution in [0.15, 0.2) is 46.9 Å². The van der Waals surface area contributed by atoms with E-state index in [1.54, 1.807) is 24.4 Å². The van der Waals surface area contributed by atoms with Crippen LogP contribution in [0.3, 0.4) is 0 Å². The second-order valence-corrected chi connectivity index (χ2v) is 9.06. The van der Waals surface area contributed by atoms with E-state index in [1.807, 2.05) is 11.4 Å². The minimum Gasteiger partial charge on any atom is -0.347 e. The number of carbonyl (C=O) groups excluding carboxylic acids is 1. The number of fused-ring (bicyclic) bond motifs is 2. The van der Waals surface area contributed by atoms with E-state index in [2.05, 4.69) is 10.3 Å². The third-order valence-corrected chi connectivity index (χ3v) is 7.48. The van der Waals surface area contributed by atoms with Crippen LogP contribution in [0.4, 0.5) is 0 Å². The number of rotatable bonds is 4. The molecule has 8 heteroatoms. The van der Waals surface area contributed by atoms with Gasteiger partial charge < -0.3 is 5.32 Å². The Bertz CT molecular complexity index is 837. The van der Waals surface area contributed by atoms with Crippen molar-refractivity contribution in [2.24, 2.45) is 5.92 Å². The van der Waals surface area contributed by atoms with Crippen LogP contribution in [0.5, 0.6) is 0 Å². The Balaban J connectivity index is 1.54. The molecule has 1 amide bonds. The van der Waals surface area contributed by atoms with Crippen molar-refractivity contribution in [3.63, 3.8) is 0 Å². The fraction of sp³-hybridized carbons (Fsp3) is 0.375. The summed E-state index contributed by atoms with van der Waals surface area (Å²) in [6, 6.07) is 6.48. The summed E-state index contributed by atoms with van der Waals surface area (Å²) in [4.78, 5) is 17.1. The molecule has 6 nitrogen and oxygen atoms in total. The molecule has 2 aromatic heterocycles. The molecule has 1 aliphatic heterocycles. The van der Waals surface area contributed by atoms with E-state index in [4.69, 9.17) is 0 Å². The number of thiophene rings is 1. The van der Waals surface area contributed by atoms with E-state index in [1.165, 1.54) is 21.8 Å². The lowest BCUT2D eigenvalue weighted by molar-refractivity contribution is 0.0921. The summed E-state index contributed by atoms with van der Waals surface area (Å²) < 4.78 is 27.3. The number of pyridine rings is 1. The topological polar surface area (TPSA) is 79.4 Å². The van der Waals surface area contributed by atoms with Gasteiger partial charge in [0.2, 0.25) is 10.0 Å². The predicted molar refractivity (Wildman–Crippen MR) is 90.2 cm³/mol. The van der Waals surface area contributed by atoms with Gasteiger partial charge in [-0.05, 0) is 42.3 Å². The molecule has 2 aliphatic rings. The van der Waals surface area contributed by atoms with E-state index < -0.39 is 10.0 Å². The summed E-state index contributed by atoms with van der Waals surface area (Å²) in [5.41, 5.74) is 0. The Morgan fingerprint density at radius 3 is 2.83 bits per heavy atom. The van der Waals surface area contributed by atoms with Crippen LogP contribution in [0.25, 0.3) is 0 Å². The number of piperidine rings is 1. The monoisotopic (exact) mass is 363 g/mol. The van der Waals surface area contributed by atoms with Gasteiger partial charge in [-0.25, -0.2) is 8.42 Å². The SMILES string of the molecule is O=C(N[C@H]1C[C@@H]2C[C@H]1N(S(=O)(=O)c1cccnc1)C2)c1cccs1. The molecule has 2 bridgehead atoms. The molecule has 0 spiro atoms. The van der Waals surface area contributed by atoms with E-state index in [-0.39, 0.29) is 22.9 Å². The first-order valence-electron chi connectivity index (χ1n) is 7.82. The lowest BCUT2D eigenvalue weighted by atomic mass is 10.1. The highest BCUT2D eigenvalue weighted by Gasteiger charge is 2.50. The second kappa shape index (κ2) is 5.94. The van der Waals surface area contributed by atoms with Crippen LogP contribution in [0.2, 0.25) is 0 Å². The summed E-state index contributed by atoms with van der Waals surface area (Å²) in [6.45, 7) is 0.521. The maximum absolute atomic E-state index is 12.9. The van der Waals surface area contributed by atoms with Gasteiger partial charge in [-0.3, -0.25) is 9.78 Å². The molecule has 1 saturated carbocycles. The molecule has 1 aliphatic carbocycles. The van der Waals surface area contributed by atoms with Crippen LogP contribution in [0, 0.1) is 5.92 Å². The fourth-order valence-electron chi connectivity index (χ4n) is 3.69. The Labute approximate surface area is 144 Å². The molecule has 126 valence electrons. The Morgan fingerprint density at radius 1 is 1.29 bits per heavy atom. The minimum absolute atomic E-state index is 0.124. The largest absolute Gasteiger partial charge is 0.347 e. The number of hydrogen-bond acceptors (Lipinski definition) is 5. The number of amides is 1. The summed E-state index contributed by atoms with van der Waals surface area (Å²) in [7, 11) is -3.57. The summed E-state index contributed by atoms with van der Waals surface area (Å²) in [5, 5.41) is 4.87. The van der Waals surface area contributed by atoms with Crippen molar-refractivity contribution in [1.82, 2.24) is 14.6 Å². The Kier molecular flexibility index (Phi) is 3.90. The van der Waals surface area contributed by atoms with Crippen molar-refractivity contribution in [1.29, 1.82) is 0 Å². The summed E-state index contributed by atoms with van der Waals surface area (Å²) in [6.07, 6.45) is 4.56. The van der Waals surface area contributed by atoms with Gasteiger partial charge in [0, 0.05) is 31.0 Å². The van der Waals surface area contributed by atoms with Crippen LogP contribution in [-0.2, 0) is 10.0 Å². The Morgan fingerprint density at radius 2 is 2.17 bits per heavy atom. The lowest BCUT2D eigenvalue weighted by Crippen LogP contribution is -2.51. The van der Waals surface area contributed by atoms with Gasteiger partial charge in [-0.2, -0.15) is 4.31 Å². The first-order chi connectivity index (χ1) is 11.6. The maximum atomic E-state index is 12.9. The highest BCUT2D eigenvalue weighted by atomic mass is 32.2. The fourth-order valence-corrected chi connectivity index (χ4v) is 6.03. The highest BCUT2D eigenvalue weighted by molar-refractivity contribution is 7.89. The van der Waals surface area contributed by atoms with Crippen LogP contribution >= 0.6 is 11.3 Å². The number of carbonyl (C=O) groups is 1. The molecular weight excluding hydrogens is 346 g/mol. The van der Waals surface area contributed by atoms with E-state index in [9.17, 15) is 13.2 Å². The van der Waals surface area contributed by atoms with Crippen molar-refractivity contribution < 1.29 is 13.2 Å². The maximum Gasteiger partial charge on any atom is 0.261 e. The van der Waals surface area contributed by atoms with Gasteiger partial charge in [0.1, 0.15) is 4.90 Å². The molecule has 3 heterocycles. The van der Waals surface area contributed by atoms with Crippen molar-refractivity contribution in [3.8, 4) is 0 Å². The smallest absolute Gasteiger partial charge is 0.261 e. The lowest BCUT2D eigenvalue weighted by Gasteiger charge is -2.32. The molecule has 1 N–H and O–H groups in total. The molecule has 1 saturated heterocycles. The quantitative estimate of drug-likeness (QED) is 0.897. The average Bonchev–Trinajstić information content (AvgIpc) is 3.32. The van der Waals surface area contributed by atoms with Crippen LogP contribution in [0.1, 0.15) is 22.5 Å². The van der Waals surface area contributed by atoms with Gasteiger partial charge in [0.15, 0.2) is 0 Å². The zero-order valence-corrected chi connectivity index (χ0v) is 14.5. The van der Waals surface area contributed by atoms with Gasteiger partial charge in [0.25, 0.3) is 5.91 Å². The molecule has 4 rings (SSSR count). The van der Waals surface area contributed by atoms with Gasteiger partial charge in [0.05, 0.1) is 4.88 Å². The minimum atomic E-state index is -3.57. The number of aromatic nitrogens is 1. The number of nitrogens with zero attached hydrogens (tertiary/aromatic N) is 2. The molecule has 0 radical (unpaired) electrons. The van der Waals surface area contributed by atoms with Crippen molar-refractivity contribution >= 4 is 27.3 Å². The van der Waals surface area contributed by atoms with Crippen molar-refractivity contribution in [3.05, 3.63) is 46.9 Å². The zero-order chi connectivity index (χ0) is 16.7. The Hall–Kier alpha value is -1.77. The van der Waals surface area contributed by atoms with E-state index in [0.717, 1.165) is 12.8 Å². The van der Waals surface area contributed by atoms with E-state index >= 15 is 0 Å². The van der Waals surface area contributed by atoms with Gasteiger partial charge >= 0.3 is 0 Å². The molecule has 2 fully saturated rings. The normalized spacial score (nSPS) is 26.6. The first-order valence-corrected chi connectivity index (χ1v) is 10.1. The molecule has 0 aromatic carbocycles. The molecule has 2 aromatic rings. The standard InChI is InChI=1S/C16H17N3O3S2/c20-16(15-4-2-6-23-15)18-13-7-11-8-14(13)19(10-11)24(21,22)12-3-1-5-17-9-12/h1-6,9,11,13-14H,7-8,10H2,(H,18,20)/t11-,13+,14-/m1/s1. The van der Waals surface area contributed by atoms with Gasteiger partial charge in [-0.1, -0.05) is 6.07 Å². The molecule has 0 unspecified atom stereocenters. The van der Waals surface area contributed by atoms with E-state index in [0.29, 0.717) is 17.3 Å². The molecular formula is C16H17N3O3S2. The molecule has 24 heavy (non-hydrogen) atoms. The second-order valence-electron chi connectivity index (χ2n) is 6.23. The number of sulfonamides is 1. The molecule has 3 atom stereocenters. The number of hydrogen-bond donors (Lipinski definition) is 1.